The average molecular weight is 402 g/mol. The monoisotopic (exact) mass is 401 g/mol. The Morgan fingerprint density at radius 3 is 3.04 bits per heavy atom. The van der Waals surface area contributed by atoms with Gasteiger partial charge in [-0.05, 0) is 45.8 Å². The summed E-state index contributed by atoms with van der Waals surface area (Å²) in [6.45, 7) is 0.228. The predicted molar refractivity (Wildman–Crippen MR) is 93.7 cm³/mol. The van der Waals surface area contributed by atoms with E-state index < -0.39 is 0 Å². The molecule has 4 aromatic rings. The van der Waals surface area contributed by atoms with Crippen LogP contribution in [0.2, 0.25) is 0 Å². The third-order valence-electron chi connectivity index (χ3n) is 3.74. The van der Waals surface area contributed by atoms with Crippen LogP contribution < -0.4 is 19.6 Å². The molecule has 0 amide bonds. The Labute approximate surface area is 147 Å². The van der Waals surface area contributed by atoms with Crippen molar-refractivity contribution in [3.63, 3.8) is 0 Å². The van der Waals surface area contributed by atoms with Crippen LogP contribution >= 0.6 is 27.3 Å². The van der Waals surface area contributed by atoms with E-state index in [1.165, 1.54) is 11.3 Å². The molecule has 5 rings (SSSR count). The molecule has 0 fully saturated rings. The number of imidazole rings is 1. The van der Waals surface area contributed by atoms with E-state index in [-0.39, 0.29) is 12.4 Å². The maximum atomic E-state index is 12.7. The molecule has 0 saturated heterocycles. The molecule has 0 unspecified atom stereocenters. The largest absolute Gasteiger partial charge is 0.454 e. The van der Waals surface area contributed by atoms with Gasteiger partial charge in [-0.3, -0.25) is 4.79 Å². The number of hydrogen-bond donors (Lipinski definition) is 0. The summed E-state index contributed by atoms with van der Waals surface area (Å²) in [5.41, 5.74) is 2.02. The molecule has 8 heteroatoms. The second-order valence-corrected chi connectivity index (χ2v) is 7.18. The Morgan fingerprint density at radius 1 is 1.25 bits per heavy atom. The quantitative estimate of drug-likeness (QED) is 0.489. The molecule has 3 aromatic heterocycles. The zero-order valence-corrected chi connectivity index (χ0v) is 14.4. The minimum absolute atomic E-state index is 0.120. The van der Waals surface area contributed by atoms with Gasteiger partial charge in [0.1, 0.15) is 5.52 Å². The van der Waals surface area contributed by atoms with E-state index in [9.17, 15) is 4.79 Å². The summed E-state index contributed by atoms with van der Waals surface area (Å²) in [6, 6.07) is 7.44. The summed E-state index contributed by atoms with van der Waals surface area (Å²) in [6.07, 6.45) is 3.49. The van der Waals surface area contributed by atoms with Crippen LogP contribution in [0.1, 0.15) is 5.56 Å². The number of rotatable bonds is 1. The Bertz CT molecular complexity index is 1230. The van der Waals surface area contributed by atoms with Gasteiger partial charge in [0.05, 0.1) is 4.53 Å². The van der Waals surface area contributed by atoms with Crippen molar-refractivity contribution in [1.82, 2.24) is 14.4 Å². The summed E-state index contributed by atoms with van der Waals surface area (Å²) in [7, 11) is 0. The molecule has 0 aliphatic carbocycles. The van der Waals surface area contributed by atoms with Crippen LogP contribution in [-0.4, -0.2) is 21.2 Å². The van der Waals surface area contributed by atoms with Crippen LogP contribution in [0.15, 0.2) is 39.7 Å². The Balaban J connectivity index is 1.72. The van der Waals surface area contributed by atoms with Gasteiger partial charge in [0, 0.05) is 10.7 Å². The Hall–Kier alpha value is -2.45. The maximum Gasteiger partial charge on any atom is 0.276 e. The van der Waals surface area contributed by atoms with Crippen molar-refractivity contribution < 1.29 is 9.47 Å². The van der Waals surface area contributed by atoms with Gasteiger partial charge in [0.25, 0.3) is 5.56 Å². The molecule has 1 aromatic carbocycles. The molecule has 0 spiro atoms. The van der Waals surface area contributed by atoms with E-state index in [0.717, 1.165) is 15.8 Å². The van der Waals surface area contributed by atoms with Gasteiger partial charge in [-0.15, -0.1) is 0 Å². The molecule has 0 saturated carbocycles. The fourth-order valence-corrected chi connectivity index (χ4v) is 3.96. The lowest BCUT2D eigenvalue weighted by Crippen LogP contribution is -2.22. The second-order valence-electron chi connectivity index (χ2n) is 5.25. The third kappa shape index (κ3) is 2.03. The van der Waals surface area contributed by atoms with Crippen LogP contribution in [0, 0.1) is 0 Å². The first-order chi connectivity index (χ1) is 11.7. The number of thiazole rings is 1. The fourth-order valence-electron chi connectivity index (χ4n) is 2.67. The molecular weight excluding hydrogens is 394 g/mol. The maximum absolute atomic E-state index is 12.7. The highest BCUT2D eigenvalue weighted by atomic mass is 79.9. The predicted octanol–water partition coefficient (Wildman–Crippen LogP) is 2.34. The van der Waals surface area contributed by atoms with Crippen molar-refractivity contribution >= 4 is 49.5 Å². The molecule has 1 aliphatic heterocycles. The van der Waals surface area contributed by atoms with Gasteiger partial charge >= 0.3 is 0 Å². The minimum Gasteiger partial charge on any atom is -0.454 e. The van der Waals surface area contributed by atoms with E-state index in [1.54, 1.807) is 10.6 Å². The van der Waals surface area contributed by atoms with Gasteiger partial charge in [0.2, 0.25) is 6.79 Å². The number of pyridine rings is 1. The topological polar surface area (TPSA) is 65.7 Å². The van der Waals surface area contributed by atoms with Crippen LogP contribution in [0.25, 0.3) is 22.2 Å². The number of fused-ring (bicyclic) bond motifs is 4. The van der Waals surface area contributed by atoms with E-state index >= 15 is 0 Å². The number of ether oxygens (including phenoxy) is 2. The molecule has 4 heterocycles. The highest BCUT2D eigenvalue weighted by Crippen LogP contribution is 2.32. The molecule has 1 aliphatic rings. The highest BCUT2D eigenvalue weighted by molar-refractivity contribution is 9.10. The van der Waals surface area contributed by atoms with Crippen molar-refractivity contribution in [2.75, 3.05) is 6.79 Å². The van der Waals surface area contributed by atoms with Gasteiger partial charge in [-0.2, -0.15) is 0 Å². The van der Waals surface area contributed by atoms with Crippen LogP contribution in [0.3, 0.4) is 0 Å². The zero-order valence-electron chi connectivity index (χ0n) is 12.0. The van der Waals surface area contributed by atoms with Crippen molar-refractivity contribution in [1.29, 1.82) is 0 Å². The number of aromatic nitrogens is 3. The smallest absolute Gasteiger partial charge is 0.276 e. The summed E-state index contributed by atoms with van der Waals surface area (Å²) >= 11 is 4.70. The van der Waals surface area contributed by atoms with Crippen molar-refractivity contribution in [3.8, 4) is 11.5 Å². The van der Waals surface area contributed by atoms with Crippen LogP contribution in [0.5, 0.6) is 11.5 Å². The van der Waals surface area contributed by atoms with E-state index in [0.29, 0.717) is 26.4 Å². The normalized spacial score (nSPS) is 14.1. The van der Waals surface area contributed by atoms with Gasteiger partial charge in [-0.1, -0.05) is 17.4 Å². The SMILES string of the molecule is O=c1/c(=C/c2ccc3c(c2)OCO3)sc2nc3cc(Br)cnc3n12. The lowest BCUT2D eigenvalue weighted by atomic mass is 10.2. The molecule has 0 radical (unpaired) electrons. The molecule has 0 bridgehead atoms. The Morgan fingerprint density at radius 2 is 2.12 bits per heavy atom. The zero-order chi connectivity index (χ0) is 16.3. The highest BCUT2D eigenvalue weighted by Gasteiger charge is 2.14. The average Bonchev–Trinajstić information content (AvgIpc) is 3.23. The number of hydrogen-bond acceptors (Lipinski definition) is 6. The molecule has 0 atom stereocenters. The number of halogens is 1. The van der Waals surface area contributed by atoms with Crippen molar-refractivity contribution in [2.45, 2.75) is 0 Å². The summed E-state index contributed by atoms with van der Waals surface area (Å²) in [5, 5.41) is 0. The summed E-state index contributed by atoms with van der Waals surface area (Å²) in [4.78, 5) is 22.1. The molecule has 24 heavy (non-hydrogen) atoms. The molecule has 118 valence electrons. The summed E-state index contributed by atoms with van der Waals surface area (Å²) < 4.78 is 13.7. The van der Waals surface area contributed by atoms with E-state index in [4.69, 9.17) is 9.47 Å². The van der Waals surface area contributed by atoms with Crippen LogP contribution in [0.4, 0.5) is 0 Å². The number of benzene rings is 1. The first-order valence-corrected chi connectivity index (χ1v) is 8.68. The fraction of sp³-hybridized carbons (Fsp3) is 0.0625. The lowest BCUT2D eigenvalue weighted by Gasteiger charge is -1.96. The number of nitrogens with zero attached hydrogens (tertiary/aromatic N) is 3. The van der Waals surface area contributed by atoms with E-state index in [2.05, 4.69) is 25.9 Å². The first kappa shape index (κ1) is 13.9. The van der Waals surface area contributed by atoms with Crippen molar-refractivity contribution in [3.05, 3.63) is 55.4 Å². The first-order valence-electron chi connectivity index (χ1n) is 7.07. The molecule has 6 nitrogen and oxygen atoms in total. The van der Waals surface area contributed by atoms with E-state index in [1.807, 2.05) is 30.3 Å². The molecular formula is C16H8BrN3O3S. The molecule has 0 N–H and O–H groups in total. The Kier molecular flexibility index (Phi) is 2.92. The summed E-state index contributed by atoms with van der Waals surface area (Å²) in [5.74, 6) is 1.41. The standard InChI is InChI=1S/C16H8BrN3O3S/c17-9-5-10-14(18-6-9)20-15(21)13(24-16(20)19-10)4-8-1-2-11-12(3-8)23-7-22-11/h1-6H,7H2/b13-4-. The van der Waals surface area contributed by atoms with Gasteiger partial charge in [0.15, 0.2) is 22.1 Å². The van der Waals surface area contributed by atoms with Gasteiger partial charge in [-0.25, -0.2) is 14.4 Å². The second kappa shape index (κ2) is 5.02. The van der Waals surface area contributed by atoms with Crippen molar-refractivity contribution in [2.24, 2.45) is 0 Å². The third-order valence-corrected chi connectivity index (χ3v) is 5.15. The lowest BCUT2D eigenvalue weighted by molar-refractivity contribution is 0.174. The minimum atomic E-state index is -0.120. The van der Waals surface area contributed by atoms with Crippen LogP contribution in [-0.2, 0) is 0 Å². The van der Waals surface area contributed by atoms with Gasteiger partial charge < -0.3 is 9.47 Å².